The van der Waals surface area contributed by atoms with E-state index in [9.17, 15) is 9.59 Å². The third-order valence-electron chi connectivity index (χ3n) is 3.32. The maximum Gasteiger partial charge on any atom is 0.258 e. The Balaban J connectivity index is 1.76. The first-order valence-corrected chi connectivity index (χ1v) is 7.27. The SMILES string of the molecule is CCC(C)NC(=O)COc1ccc(NC(=O)C2CC2)cn1. The number of nitrogens with one attached hydrogen (secondary N) is 2. The fourth-order valence-corrected chi connectivity index (χ4v) is 1.69. The van der Waals surface area contributed by atoms with Gasteiger partial charge in [-0.3, -0.25) is 9.59 Å². The summed E-state index contributed by atoms with van der Waals surface area (Å²) < 4.78 is 5.30. The third kappa shape index (κ3) is 5.06. The van der Waals surface area contributed by atoms with Crippen LogP contribution < -0.4 is 15.4 Å². The van der Waals surface area contributed by atoms with Crippen molar-refractivity contribution >= 4 is 17.5 Å². The van der Waals surface area contributed by atoms with Crippen LogP contribution in [-0.2, 0) is 9.59 Å². The lowest BCUT2D eigenvalue weighted by Crippen LogP contribution is -2.35. The Bertz CT molecular complexity index is 497. The predicted octanol–water partition coefficient (Wildman–Crippen LogP) is 1.72. The van der Waals surface area contributed by atoms with Crippen molar-refractivity contribution in [1.82, 2.24) is 10.3 Å². The summed E-state index contributed by atoms with van der Waals surface area (Å²) in [6, 6.07) is 3.49. The summed E-state index contributed by atoms with van der Waals surface area (Å²) in [5, 5.41) is 5.60. The van der Waals surface area contributed by atoms with Gasteiger partial charge in [0.1, 0.15) is 0 Å². The van der Waals surface area contributed by atoms with E-state index in [0.717, 1.165) is 19.3 Å². The van der Waals surface area contributed by atoms with Gasteiger partial charge >= 0.3 is 0 Å². The molecule has 1 saturated carbocycles. The molecule has 1 fully saturated rings. The van der Waals surface area contributed by atoms with Crippen LogP contribution in [0, 0.1) is 5.92 Å². The van der Waals surface area contributed by atoms with E-state index in [-0.39, 0.29) is 30.4 Å². The van der Waals surface area contributed by atoms with Crippen LogP contribution in [0.3, 0.4) is 0 Å². The highest BCUT2D eigenvalue weighted by Gasteiger charge is 2.29. The molecule has 2 rings (SSSR count). The van der Waals surface area contributed by atoms with Crippen LogP contribution in [-0.4, -0.2) is 29.4 Å². The van der Waals surface area contributed by atoms with Crippen LogP contribution in [0.1, 0.15) is 33.1 Å². The molecule has 6 nitrogen and oxygen atoms in total. The summed E-state index contributed by atoms with van der Waals surface area (Å²) >= 11 is 0. The van der Waals surface area contributed by atoms with Crippen LogP contribution >= 0.6 is 0 Å². The number of hydrogen-bond donors (Lipinski definition) is 2. The topological polar surface area (TPSA) is 80.3 Å². The molecular weight excluding hydrogens is 270 g/mol. The molecule has 0 spiro atoms. The van der Waals surface area contributed by atoms with E-state index in [1.54, 1.807) is 12.1 Å². The van der Waals surface area contributed by atoms with Crippen molar-refractivity contribution in [3.63, 3.8) is 0 Å². The van der Waals surface area contributed by atoms with Gasteiger partial charge in [0.25, 0.3) is 5.91 Å². The molecule has 0 saturated heterocycles. The van der Waals surface area contributed by atoms with Gasteiger partial charge in [0.15, 0.2) is 6.61 Å². The zero-order valence-electron chi connectivity index (χ0n) is 12.4. The summed E-state index contributed by atoms with van der Waals surface area (Å²) in [5.41, 5.74) is 0.642. The predicted molar refractivity (Wildman–Crippen MR) is 79.0 cm³/mol. The summed E-state index contributed by atoms with van der Waals surface area (Å²) in [7, 11) is 0. The fourth-order valence-electron chi connectivity index (χ4n) is 1.69. The van der Waals surface area contributed by atoms with E-state index in [4.69, 9.17) is 4.74 Å². The van der Waals surface area contributed by atoms with Crippen molar-refractivity contribution in [3.8, 4) is 5.88 Å². The first-order valence-electron chi connectivity index (χ1n) is 7.27. The molecule has 0 aromatic carbocycles. The monoisotopic (exact) mass is 291 g/mol. The van der Waals surface area contributed by atoms with Crippen molar-refractivity contribution in [3.05, 3.63) is 18.3 Å². The van der Waals surface area contributed by atoms with Crippen LogP contribution in [0.4, 0.5) is 5.69 Å². The number of carbonyl (C=O) groups is 2. The molecule has 21 heavy (non-hydrogen) atoms. The molecule has 1 aromatic heterocycles. The quantitative estimate of drug-likeness (QED) is 0.801. The second kappa shape index (κ2) is 7.06. The van der Waals surface area contributed by atoms with Crippen molar-refractivity contribution in [2.45, 2.75) is 39.2 Å². The van der Waals surface area contributed by atoms with Gasteiger partial charge in [-0.15, -0.1) is 0 Å². The van der Waals surface area contributed by atoms with Crippen LogP contribution in [0.5, 0.6) is 5.88 Å². The molecule has 114 valence electrons. The molecular formula is C15H21N3O3. The molecule has 1 atom stereocenters. The molecule has 6 heteroatoms. The minimum Gasteiger partial charge on any atom is -0.468 e. The average Bonchev–Trinajstić information content (AvgIpc) is 3.31. The van der Waals surface area contributed by atoms with Gasteiger partial charge < -0.3 is 15.4 Å². The summed E-state index contributed by atoms with van der Waals surface area (Å²) in [4.78, 5) is 27.2. The summed E-state index contributed by atoms with van der Waals surface area (Å²) in [6.45, 7) is 3.88. The van der Waals surface area contributed by atoms with Gasteiger partial charge in [-0.2, -0.15) is 0 Å². The molecule has 0 radical (unpaired) electrons. The fraction of sp³-hybridized carbons (Fsp3) is 0.533. The van der Waals surface area contributed by atoms with Crippen molar-refractivity contribution in [2.24, 2.45) is 5.92 Å². The molecule has 1 aliphatic rings. The molecule has 2 N–H and O–H groups in total. The van der Waals surface area contributed by atoms with Gasteiger partial charge in [0.05, 0.1) is 11.9 Å². The molecule has 0 bridgehead atoms. The Morgan fingerprint density at radius 2 is 2.19 bits per heavy atom. The number of hydrogen-bond acceptors (Lipinski definition) is 4. The summed E-state index contributed by atoms with van der Waals surface area (Å²) in [6.07, 6.45) is 4.33. The molecule has 1 heterocycles. The lowest BCUT2D eigenvalue weighted by atomic mass is 10.2. The van der Waals surface area contributed by atoms with E-state index in [2.05, 4.69) is 15.6 Å². The zero-order chi connectivity index (χ0) is 15.2. The Labute approximate surface area is 124 Å². The second-order valence-corrected chi connectivity index (χ2v) is 5.31. The van der Waals surface area contributed by atoms with Crippen molar-refractivity contribution in [2.75, 3.05) is 11.9 Å². The Kier molecular flexibility index (Phi) is 5.14. The van der Waals surface area contributed by atoms with E-state index in [0.29, 0.717) is 11.6 Å². The van der Waals surface area contributed by atoms with Gasteiger partial charge in [0.2, 0.25) is 11.8 Å². The van der Waals surface area contributed by atoms with E-state index < -0.39 is 0 Å². The van der Waals surface area contributed by atoms with E-state index in [1.165, 1.54) is 6.20 Å². The maximum atomic E-state index is 11.6. The number of pyridine rings is 1. The first-order chi connectivity index (χ1) is 10.1. The van der Waals surface area contributed by atoms with E-state index in [1.807, 2.05) is 13.8 Å². The lowest BCUT2D eigenvalue weighted by molar-refractivity contribution is -0.123. The number of nitrogens with zero attached hydrogens (tertiary/aromatic N) is 1. The Morgan fingerprint density at radius 1 is 1.43 bits per heavy atom. The third-order valence-corrected chi connectivity index (χ3v) is 3.32. The van der Waals surface area contributed by atoms with Gasteiger partial charge in [-0.25, -0.2) is 4.98 Å². The van der Waals surface area contributed by atoms with Gasteiger partial charge in [0, 0.05) is 18.0 Å². The van der Waals surface area contributed by atoms with Crippen LogP contribution in [0.15, 0.2) is 18.3 Å². The normalized spacial score (nSPS) is 15.1. The largest absolute Gasteiger partial charge is 0.468 e. The van der Waals surface area contributed by atoms with Crippen molar-refractivity contribution in [1.29, 1.82) is 0 Å². The highest BCUT2D eigenvalue weighted by atomic mass is 16.5. The van der Waals surface area contributed by atoms with Gasteiger partial charge in [-0.05, 0) is 32.3 Å². The number of anilines is 1. The highest BCUT2D eigenvalue weighted by molar-refractivity contribution is 5.93. The standard InChI is InChI=1S/C15H21N3O3/c1-3-10(2)17-13(19)9-21-14-7-6-12(8-16-14)18-15(20)11-4-5-11/h6-8,10-11H,3-5,9H2,1-2H3,(H,17,19)(H,18,20). The van der Waals surface area contributed by atoms with E-state index >= 15 is 0 Å². The van der Waals surface area contributed by atoms with Crippen molar-refractivity contribution < 1.29 is 14.3 Å². The van der Waals surface area contributed by atoms with Crippen LogP contribution in [0.2, 0.25) is 0 Å². The number of rotatable bonds is 7. The molecule has 1 unspecified atom stereocenters. The number of aromatic nitrogens is 1. The zero-order valence-corrected chi connectivity index (χ0v) is 12.4. The van der Waals surface area contributed by atoms with Gasteiger partial charge in [-0.1, -0.05) is 6.92 Å². The van der Waals surface area contributed by atoms with Crippen LogP contribution in [0.25, 0.3) is 0 Å². The number of carbonyl (C=O) groups excluding carboxylic acids is 2. The minimum absolute atomic E-state index is 0.0402. The number of ether oxygens (including phenoxy) is 1. The maximum absolute atomic E-state index is 11.6. The molecule has 1 aromatic rings. The lowest BCUT2D eigenvalue weighted by Gasteiger charge is -2.11. The Morgan fingerprint density at radius 3 is 2.76 bits per heavy atom. The second-order valence-electron chi connectivity index (χ2n) is 5.31. The Hall–Kier alpha value is -2.11. The molecule has 2 amide bonds. The molecule has 1 aliphatic carbocycles. The highest BCUT2D eigenvalue weighted by Crippen LogP contribution is 2.30. The smallest absolute Gasteiger partial charge is 0.258 e. The minimum atomic E-state index is -0.169. The number of amides is 2. The summed E-state index contributed by atoms with van der Waals surface area (Å²) in [5.74, 6) is 0.388. The first kappa shape index (κ1) is 15.3. The average molecular weight is 291 g/mol. The molecule has 0 aliphatic heterocycles.